The van der Waals surface area contributed by atoms with E-state index in [1.54, 1.807) is 0 Å². The fourth-order valence-electron chi connectivity index (χ4n) is 2.16. The Bertz CT molecular complexity index is 686. The predicted molar refractivity (Wildman–Crippen MR) is 101 cm³/mol. The molecular formula is C20H28N2O3. The zero-order chi connectivity index (χ0) is 18.3. The van der Waals surface area contributed by atoms with Crippen LogP contribution in [0, 0.1) is 0 Å². The Morgan fingerprint density at radius 3 is 2.72 bits per heavy atom. The van der Waals surface area contributed by atoms with Crippen molar-refractivity contribution in [3.8, 4) is 5.75 Å². The maximum Gasteiger partial charge on any atom is 0.159 e. The SMILES string of the molecule is CCc1cc(C=Cc2ccccc2OCC(O)CNC(C)(C)C)on1. The largest absolute Gasteiger partial charge is 0.490 e. The van der Waals surface area contributed by atoms with E-state index in [1.807, 2.05) is 49.4 Å². The Morgan fingerprint density at radius 2 is 2.04 bits per heavy atom. The van der Waals surface area contributed by atoms with Crippen LogP contribution in [0.5, 0.6) is 5.75 Å². The van der Waals surface area contributed by atoms with Gasteiger partial charge >= 0.3 is 0 Å². The topological polar surface area (TPSA) is 67.5 Å². The molecule has 0 aliphatic rings. The standard InChI is InChI=1S/C20H28N2O3/c1-5-16-12-18(25-22-16)11-10-15-8-6-7-9-19(15)24-14-17(23)13-21-20(2,3)4/h6-12,17,21,23H,5,13-14H2,1-4H3. The van der Waals surface area contributed by atoms with Gasteiger partial charge in [-0.25, -0.2) is 0 Å². The number of nitrogens with one attached hydrogen (secondary N) is 1. The summed E-state index contributed by atoms with van der Waals surface area (Å²) in [6.45, 7) is 8.94. The normalized spacial score (nSPS) is 13.3. The second-order valence-corrected chi connectivity index (χ2v) is 7.04. The molecule has 0 saturated heterocycles. The van der Waals surface area contributed by atoms with Gasteiger partial charge in [-0.05, 0) is 45.4 Å². The summed E-state index contributed by atoms with van der Waals surface area (Å²) < 4.78 is 11.0. The number of aliphatic hydroxyl groups is 1. The molecule has 5 heteroatoms. The summed E-state index contributed by atoms with van der Waals surface area (Å²) >= 11 is 0. The van der Waals surface area contributed by atoms with E-state index in [9.17, 15) is 5.11 Å². The first-order valence-corrected chi connectivity index (χ1v) is 8.66. The van der Waals surface area contributed by atoms with Gasteiger partial charge < -0.3 is 19.7 Å². The van der Waals surface area contributed by atoms with Crippen molar-refractivity contribution >= 4 is 12.2 Å². The number of aryl methyl sites for hydroxylation is 1. The van der Waals surface area contributed by atoms with Gasteiger partial charge in [0.25, 0.3) is 0 Å². The molecule has 0 spiro atoms. The molecule has 1 aromatic heterocycles. The van der Waals surface area contributed by atoms with Crippen LogP contribution in [0.15, 0.2) is 34.9 Å². The first kappa shape index (κ1) is 19.2. The molecule has 0 aliphatic heterocycles. The van der Waals surface area contributed by atoms with Crippen LogP contribution in [0.4, 0.5) is 0 Å². The van der Waals surface area contributed by atoms with Crippen molar-refractivity contribution in [3.05, 3.63) is 47.3 Å². The molecule has 2 aromatic rings. The lowest BCUT2D eigenvalue weighted by molar-refractivity contribution is 0.0999. The summed E-state index contributed by atoms with van der Waals surface area (Å²) in [5.74, 6) is 1.44. The second kappa shape index (κ2) is 8.83. The monoisotopic (exact) mass is 344 g/mol. The third-order valence-corrected chi connectivity index (χ3v) is 3.58. The number of ether oxygens (including phenoxy) is 1. The van der Waals surface area contributed by atoms with Crippen LogP contribution >= 0.6 is 0 Å². The molecule has 2 N–H and O–H groups in total. The molecule has 136 valence electrons. The number of hydrogen-bond donors (Lipinski definition) is 2. The summed E-state index contributed by atoms with van der Waals surface area (Å²) in [5.41, 5.74) is 1.82. The summed E-state index contributed by atoms with van der Waals surface area (Å²) in [6, 6.07) is 9.63. The predicted octanol–water partition coefficient (Wildman–Crippen LogP) is 3.54. The van der Waals surface area contributed by atoms with Crippen LogP contribution in [0.25, 0.3) is 12.2 Å². The highest BCUT2D eigenvalue weighted by atomic mass is 16.5. The third kappa shape index (κ3) is 6.72. The number of para-hydroxylation sites is 1. The highest BCUT2D eigenvalue weighted by molar-refractivity contribution is 5.70. The van der Waals surface area contributed by atoms with E-state index in [0.717, 1.165) is 23.4 Å². The minimum atomic E-state index is -0.572. The van der Waals surface area contributed by atoms with Crippen LogP contribution in [0.3, 0.4) is 0 Å². The summed E-state index contributed by atoms with van der Waals surface area (Å²) in [4.78, 5) is 0. The van der Waals surface area contributed by atoms with Crippen molar-refractivity contribution in [2.75, 3.05) is 13.2 Å². The first-order valence-electron chi connectivity index (χ1n) is 8.66. The molecule has 0 bridgehead atoms. The number of β-amino-alcohol motifs (C(OH)–C–C–N with tert-alkyl or cyclic N) is 1. The van der Waals surface area contributed by atoms with Gasteiger partial charge in [-0.3, -0.25) is 0 Å². The Hall–Kier alpha value is -2.11. The molecule has 5 nitrogen and oxygen atoms in total. The van der Waals surface area contributed by atoms with Crippen molar-refractivity contribution in [1.29, 1.82) is 0 Å². The lowest BCUT2D eigenvalue weighted by atomic mass is 10.1. The van der Waals surface area contributed by atoms with Crippen LogP contribution in [-0.2, 0) is 6.42 Å². The molecule has 0 radical (unpaired) electrons. The number of rotatable bonds is 8. The van der Waals surface area contributed by atoms with Gasteiger partial charge in [0.2, 0.25) is 0 Å². The average molecular weight is 344 g/mol. The maximum absolute atomic E-state index is 10.1. The van der Waals surface area contributed by atoms with Crippen LogP contribution < -0.4 is 10.1 Å². The van der Waals surface area contributed by atoms with E-state index in [-0.39, 0.29) is 12.1 Å². The molecule has 0 aliphatic carbocycles. The molecule has 1 atom stereocenters. The first-order chi connectivity index (χ1) is 11.9. The van der Waals surface area contributed by atoms with E-state index >= 15 is 0 Å². The maximum atomic E-state index is 10.1. The molecule has 0 saturated carbocycles. The molecule has 1 aromatic carbocycles. The van der Waals surface area contributed by atoms with Crippen LogP contribution in [-0.4, -0.2) is 35.1 Å². The minimum absolute atomic E-state index is 0.0317. The van der Waals surface area contributed by atoms with Crippen molar-refractivity contribution in [3.63, 3.8) is 0 Å². The van der Waals surface area contributed by atoms with Gasteiger partial charge in [0.1, 0.15) is 18.5 Å². The smallest absolute Gasteiger partial charge is 0.159 e. The zero-order valence-electron chi connectivity index (χ0n) is 15.5. The lowest BCUT2D eigenvalue weighted by Gasteiger charge is -2.23. The Labute approximate surface area is 149 Å². The van der Waals surface area contributed by atoms with E-state index in [4.69, 9.17) is 9.26 Å². The highest BCUT2D eigenvalue weighted by Gasteiger charge is 2.13. The Kier molecular flexibility index (Phi) is 6.79. The molecule has 0 fully saturated rings. The number of benzene rings is 1. The van der Waals surface area contributed by atoms with Gasteiger partial charge in [-0.2, -0.15) is 0 Å². The van der Waals surface area contributed by atoms with Gasteiger partial charge in [0.15, 0.2) is 5.76 Å². The summed E-state index contributed by atoms with van der Waals surface area (Å²) in [5, 5.41) is 17.3. The Balaban J connectivity index is 1.95. The van der Waals surface area contributed by atoms with Crippen molar-refractivity contribution in [1.82, 2.24) is 10.5 Å². The molecule has 0 amide bonds. The van der Waals surface area contributed by atoms with Crippen molar-refractivity contribution in [2.45, 2.75) is 45.8 Å². The quantitative estimate of drug-likeness (QED) is 0.767. The molecular weight excluding hydrogens is 316 g/mol. The van der Waals surface area contributed by atoms with Crippen molar-refractivity contribution < 1.29 is 14.4 Å². The molecule has 1 heterocycles. The summed E-state index contributed by atoms with van der Waals surface area (Å²) in [6.07, 6.45) is 4.07. The second-order valence-electron chi connectivity index (χ2n) is 7.04. The number of nitrogens with zero attached hydrogens (tertiary/aromatic N) is 1. The zero-order valence-corrected chi connectivity index (χ0v) is 15.5. The Morgan fingerprint density at radius 1 is 1.28 bits per heavy atom. The van der Waals surface area contributed by atoms with E-state index in [1.165, 1.54) is 0 Å². The lowest BCUT2D eigenvalue weighted by Crippen LogP contribution is -2.42. The van der Waals surface area contributed by atoms with Gasteiger partial charge in [-0.1, -0.05) is 30.3 Å². The number of hydrogen-bond acceptors (Lipinski definition) is 5. The van der Waals surface area contributed by atoms with Crippen LogP contribution in [0.1, 0.15) is 44.7 Å². The van der Waals surface area contributed by atoms with Gasteiger partial charge in [0.05, 0.1) is 5.69 Å². The third-order valence-electron chi connectivity index (χ3n) is 3.58. The van der Waals surface area contributed by atoms with Crippen LogP contribution in [0.2, 0.25) is 0 Å². The summed E-state index contributed by atoms with van der Waals surface area (Å²) in [7, 11) is 0. The van der Waals surface area contributed by atoms with E-state index < -0.39 is 6.10 Å². The average Bonchev–Trinajstić information content (AvgIpc) is 3.04. The van der Waals surface area contributed by atoms with Crippen molar-refractivity contribution in [2.24, 2.45) is 0 Å². The minimum Gasteiger partial charge on any atom is -0.490 e. The van der Waals surface area contributed by atoms with Gasteiger partial charge in [0, 0.05) is 23.7 Å². The molecule has 2 rings (SSSR count). The van der Waals surface area contributed by atoms with Gasteiger partial charge in [-0.15, -0.1) is 0 Å². The highest BCUT2D eigenvalue weighted by Crippen LogP contribution is 2.21. The fraction of sp³-hybridized carbons (Fsp3) is 0.450. The number of aliphatic hydroxyl groups excluding tert-OH is 1. The van der Waals surface area contributed by atoms with E-state index in [0.29, 0.717) is 12.3 Å². The molecule has 25 heavy (non-hydrogen) atoms. The van der Waals surface area contributed by atoms with E-state index in [2.05, 4.69) is 31.2 Å². The number of aromatic nitrogens is 1. The fourth-order valence-corrected chi connectivity index (χ4v) is 2.16. The molecule has 1 unspecified atom stereocenters.